The quantitative estimate of drug-likeness (QED) is 0.490. The first kappa shape index (κ1) is 26.7. The number of amides is 1. The number of rotatable bonds is 6. The molecular weight excluding hydrogens is 485 g/mol. The van der Waals surface area contributed by atoms with Crippen LogP contribution in [0.4, 0.5) is 4.39 Å². The van der Waals surface area contributed by atoms with Crippen LogP contribution in [-0.2, 0) is 44.9 Å². The largest absolute Gasteiger partial charge is 0.490 e. The molecule has 3 aliphatic rings. The number of carbonyl (C=O) groups excluding carboxylic acids is 2. The molecule has 2 aromatic rings. The Labute approximate surface area is 224 Å². The van der Waals surface area contributed by atoms with E-state index in [-0.39, 0.29) is 24.1 Å². The summed E-state index contributed by atoms with van der Waals surface area (Å²) < 4.78 is 31.9. The Morgan fingerprint density at radius 1 is 1.08 bits per heavy atom. The number of halogens is 1. The summed E-state index contributed by atoms with van der Waals surface area (Å²) >= 11 is 0. The zero-order chi connectivity index (χ0) is 27.0. The Morgan fingerprint density at radius 2 is 1.84 bits per heavy atom. The molecule has 7 heteroatoms. The van der Waals surface area contributed by atoms with Gasteiger partial charge in [0.05, 0.1) is 26.1 Å². The molecule has 0 bridgehead atoms. The lowest BCUT2D eigenvalue weighted by Gasteiger charge is -2.36. The molecule has 0 spiro atoms. The number of benzene rings is 2. The minimum atomic E-state index is -0.367. The van der Waals surface area contributed by atoms with E-state index in [4.69, 9.17) is 14.2 Å². The smallest absolute Gasteiger partial charge is 0.310 e. The minimum absolute atomic E-state index is 0.0811. The summed E-state index contributed by atoms with van der Waals surface area (Å²) in [5.74, 6) is 0.224. The number of hydrogen-bond donors (Lipinski definition) is 0. The van der Waals surface area contributed by atoms with Crippen molar-refractivity contribution in [1.82, 2.24) is 4.90 Å². The summed E-state index contributed by atoms with van der Waals surface area (Å²) in [5.41, 5.74) is 8.45. The van der Waals surface area contributed by atoms with E-state index in [1.54, 1.807) is 13.0 Å². The maximum Gasteiger partial charge on any atom is 0.310 e. The number of nitrogens with zero attached hydrogens (tertiary/aromatic N) is 1. The average molecular weight is 524 g/mol. The van der Waals surface area contributed by atoms with E-state index in [9.17, 15) is 9.59 Å². The average Bonchev–Trinajstić information content (AvgIpc) is 2.91. The van der Waals surface area contributed by atoms with Crippen LogP contribution in [0.1, 0.15) is 65.1 Å². The zero-order valence-corrected chi connectivity index (χ0v) is 23.0. The number of fused-ring (bicyclic) bond motifs is 2. The van der Waals surface area contributed by atoms with Crippen LogP contribution in [0.25, 0.3) is 11.1 Å². The van der Waals surface area contributed by atoms with E-state index in [1.165, 1.54) is 0 Å². The molecule has 0 atom stereocenters. The first-order valence-electron chi connectivity index (χ1n) is 13.9. The standard InChI is InChI=1S/C31H38FNO5/c1-5-37-29(35)15-25-19(3)23-14-28(34)33(16-21-8-11-36-12-9-21)17-26(23)20(4)30(25)24-13-27(32)31-22(18(24)2)7-6-10-38-31/h13,21H,5-12,14-17H2,1-4H3. The minimum Gasteiger partial charge on any atom is -0.490 e. The van der Waals surface area contributed by atoms with Crippen LogP contribution < -0.4 is 4.74 Å². The van der Waals surface area contributed by atoms with Crippen molar-refractivity contribution in [3.05, 3.63) is 50.8 Å². The van der Waals surface area contributed by atoms with Crippen LogP contribution >= 0.6 is 0 Å². The van der Waals surface area contributed by atoms with Gasteiger partial charge in [0, 0.05) is 31.9 Å². The Kier molecular flexibility index (Phi) is 7.75. The maximum absolute atomic E-state index is 15.4. The summed E-state index contributed by atoms with van der Waals surface area (Å²) in [7, 11) is 0. The van der Waals surface area contributed by atoms with Gasteiger partial charge in [0.25, 0.3) is 0 Å². The SMILES string of the molecule is CCOC(=O)Cc1c(C)c2c(c(C)c1-c1cc(F)c3c(c1C)CCCO3)CN(CC1CCOCC1)C(=O)C2. The van der Waals surface area contributed by atoms with Gasteiger partial charge in [-0.15, -0.1) is 0 Å². The Hall–Kier alpha value is -2.93. The lowest BCUT2D eigenvalue weighted by molar-refractivity contribution is -0.142. The summed E-state index contributed by atoms with van der Waals surface area (Å²) in [6.07, 6.45) is 3.93. The maximum atomic E-state index is 15.4. The molecule has 6 nitrogen and oxygen atoms in total. The Morgan fingerprint density at radius 3 is 2.58 bits per heavy atom. The second kappa shape index (κ2) is 11.0. The fourth-order valence-corrected chi connectivity index (χ4v) is 6.46. The van der Waals surface area contributed by atoms with Crippen LogP contribution in [-0.4, -0.2) is 49.7 Å². The molecule has 1 fully saturated rings. The molecule has 0 aliphatic carbocycles. The molecule has 0 aromatic heterocycles. The van der Waals surface area contributed by atoms with Gasteiger partial charge in [0.15, 0.2) is 11.6 Å². The van der Waals surface area contributed by atoms with Crippen molar-refractivity contribution in [3.8, 4) is 16.9 Å². The van der Waals surface area contributed by atoms with Crippen LogP contribution in [0, 0.1) is 32.5 Å². The highest BCUT2D eigenvalue weighted by molar-refractivity contribution is 5.88. The van der Waals surface area contributed by atoms with E-state index >= 15 is 4.39 Å². The number of carbonyl (C=O) groups is 2. The van der Waals surface area contributed by atoms with Gasteiger partial charge in [0.2, 0.25) is 5.91 Å². The number of hydrogen-bond acceptors (Lipinski definition) is 5. The lowest BCUT2D eigenvalue weighted by atomic mass is 9.79. The first-order chi connectivity index (χ1) is 18.3. The second-order valence-corrected chi connectivity index (χ2v) is 10.8. The Balaban J connectivity index is 1.64. The predicted octanol–water partition coefficient (Wildman–Crippen LogP) is 5.16. The van der Waals surface area contributed by atoms with E-state index < -0.39 is 0 Å². The number of ether oxygens (including phenoxy) is 3. The third-order valence-electron chi connectivity index (χ3n) is 8.58. The highest BCUT2D eigenvalue weighted by Crippen LogP contribution is 2.43. The van der Waals surface area contributed by atoms with Crippen molar-refractivity contribution < 1.29 is 28.2 Å². The molecule has 204 valence electrons. The molecule has 0 N–H and O–H groups in total. The van der Waals surface area contributed by atoms with E-state index in [0.29, 0.717) is 37.8 Å². The second-order valence-electron chi connectivity index (χ2n) is 10.8. The third kappa shape index (κ3) is 4.93. The van der Waals surface area contributed by atoms with Crippen molar-refractivity contribution in [2.45, 2.75) is 72.8 Å². The molecule has 0 unspecified atom stereocenters. The molecule has 3 heterocycles. The van der Waals surface area contributed by atoms with Gasteiger partial charge in [-0.25, -0.2) is 4.39 Å². The van der Waals surface area contributed by atoms with Crippen molar-refractivity contribution in [2.75, 3.05) is 33.0 Å². The molecule has 5 rings (SSSR count). The van der Waals surface area contributed by atoms with Gasteiger partial charge < -0.3 is 19.1 Å². The summed E-state index contributed by atoms with van der Waals surface area (Å²) in [6, 6.07) is 1.57. The fourth-order valence-electron chi connectivity index (χ4n) is 6.46. The van der Waals surface area contributed by atoms with Gasteiger partial charge >= 0.3 is 5.97 Å². The van der Waals surface area contributed by atoms with Crippen molar-refractivity contribution in [2.24, 2.45) is 5.92 Å². The van der Waals surface area contributed by atoms with Crippen LogP contribution in [0.3, 0.4) is 0 Å². The normalized spacial score (nSPS) is 17.6. The highest BCUT2D eigenvalue weighted by Gasteiger charge is 2.32. The zero-order valence-electron chi connectivity index (χ0n) is 23.0. The molecule has 1 amide bonds. The first-order valence-corrected chi connectivity index (χ1v) is 13.9. The molecule has 0 saturated carbocycles. The van der Waals surface area contributed by atoms with Gasteiger partial charge in [0.1, 0.15) is 0 Å². The van der Waals surface area contributed by atoms with Gasteiger partial charge in [-0.2, -0.15) is 0 Å². The molecule has 1 saturated heterocycles. The summed E-state index contributed by atoms with van der Waals surface area (Å²) in [6.45, 7) is 11.4. The monoisotopic (exact) mass is 523 g/mol. The molecule has 3 aliphatic heterocycles. The molecular formula is C31H38FNO5. The fraction of sp³-hybridized carbons (Fsp3) is 0.548. The van der Waals surface area contributed by atoms with Crippen LogP contribution in [0.5, 0.6) is 5.75 Å². The van der Waals surface area contributed by atoms with Gasteiger partial charge in [-0.05, 0) is 110 Å². The van der Waals surface area contributed by atoms with Gasteiger partial charge in [-0.1, -0.05) is 0 Å². The molecule has 38 heavy (non-hydrogen) atoms. The third-order valence-corrected chi connectivity index (χ3v) is 8.58. The van der Waals surface area contributed by atoms with Crippen LogP contribution in [0.2, 0.25) is 0 Å². The lowest BCUT2D eigenvalue weighted by Crippen LogP contribution is -2.41. The van der Waals surface area contributed by atoms with E-state index in [0.717, 1.165) is 95.5 Å². The van der Waals surface area contributed by atoms with Crippen molar-refractivity contribution >= 4 is 11.9 Å². The van der Waals surface area contributed by atoms with Crippen molar-refractivity contribution in [1.29, 1.82) is 0 Å². The topological polar surface area (TPSA) is 65.1 Å². The summed E-state index contributed by atoms with van der Waals surface area (Å²) in [4.78, 5) is 28.0. The van der Waals surface area contributed by atoms with Crippen LogP contribution in [0.15, 0.2) is 6.07 Å². The molecule has 0 radical (unpaired) electrons. The number of esters is 1. The highest BCUT2D eigenvalue weighted by atomic mass is 19.1. The summed E-state index contributed by atoms with van der Waals surface area (Å²) in [5, 5.41) is 0. The predicted molar refractivity (Wildman–Crippen MR) is 143 cm³/mol. The van der Waals surface area contributed by atoms with E-state index in [1.807, 2.05) is 18.7 Å². The Bertz CT molecular complexity index is 1260. The van der Waals surface area contributed by atoms with Crippen molar-refractivity contribution in [3.63, 3.8) is 0 Å². The van der Waals surface area contributed by atoms with E-state index in [2.05, 4.69) is 6.92 Å². The molecule has 2 aromatic carbocycles. The van der Waals surface area contributed by atoms with Gasteiger partial charge in [-0.3, -0.25) is 9.59 Å².